The standard InChI is InChI=1S/C42H51N4O11PS/c1-8-34-35(23-31-21-27(2)20-28(3)22-31)46(41(51)44-38(34)48)26-53-17-9-10-30-11-13-32(14-12-30)57-58(52,54-18-19-59-39(49)42(5,6)7)55-25-33-15-16-36(56-33)45-24-29(4)37(47)43-40(45)50/h9-16,20-22,24,33,36H,8,17-19,23,25-26H2,1-7H3,(H,43,47,50)(H,44,48,51)/b10-9+/t33-,36+,58+/m0/s1. The Morgan fingerprint density at radius 2 is 1.64 bits per heavy atom. The SMILES string of the molecule is CCc1c(Cc2cc(C)cc(C)c2)n(COC/C=C/c2ccc(O[P@](=O)(OCCSC(=O)C(C)(C)C)OC[C@@H]3C=C[C@H](n4cc(C)c(=O)[nH]c4=O)O3)cc2)c(=O)[nH]c1=O. The van der Waals surface area contributed by atoms with E-state index in [1.807, 2.05) is 32.9 Å². The second kappa shape index (κ2) is 19.9. The summed E-state index contributed by atoms with van der Waals surface area (Å²) >= 11 is 1.05. The van der Waals surface area contributed by atoms with Crippen LogP contribution in [0.5, 0.6) is 5.75 Å². The number of carbonyl (C=O) groups is 1. The summed E-state index contributed by atoms with van der Waals surface area (Å²) in [6.07, 6.45) is 7.52. The molecule has 5 rings (SSSR count). The van der Waals surface area contributed by atoms with E-state index in [1.165, 1.54) is 15.3 Å². The number of phosphoric ester groups is 1. The van der Waals surface area contributed by atoms with Gasteiger partial charge in [0.25, 0.3) is 11.1 Å². The largest absolute Gasteiger partial charge is 0.530 e. The van der Waals surface area contributed by atoms with Crippen LogP contribution in [0.25, 0.3) is 6.08 Å². The molecule has 59 heavy (non-hydrogen) atoms. The van der Waals surface area contributed by atoms with E-state index in [0.717, 1.165) is 34.0 Å². The zero-order valence-corrected chi connectivity index (χ0v) is 36.0. The summed E-state index contributed by atoms with van der Waals surface area (Å²) in [4.78, 5) is 66.9. The van der Waals surface area contributed by atoms with Crippen LogP contribution in [0.4, 0.5) is 0 Å². The van der Waals surface area contributed by atoms with Crippen molar-refractivity contribution in [1.29, 1.82) is 0 Å². The van der Waals surface area contributed by atoms with Crippen molar-refractivity contribution in [2.24, 2.45) is 5.41 Å². The Hall–Kier alpha value is -4.83. The highest BCUT2D eigenvalue weighted by Crippen LogP contribution is 2.50. The normalized spacial score (nSPS) is 16.5. The minimum absolute atomic E-state index is 0.0519. The van der Waals surface area contributed by atoms with E-state index >= 15 is 0 Å². The molecule has 0 fully saturated rings. The van der Waals surface area contributed by atoms with E-state index in [0.29, 0.717) is 29.7 Å². The molecule has 15 nitrogen and oxygen atoms in total. The summed E-state index contributed by atoms with van der Waals surface area (Å²) in [7, 11) is -4.27. The molecule has 0 radical (unpaired) electrons. The number of thioether (sulfide) groups is 1. The molecule has 1 aliphatic heterocycles. The Labute approximate surface area is 346 Å². The molecular formula is C42H51N4O11PS. The maximum absolute atomic E-state index is 13.9. The molecule has 1 aliphatic rings. The fourth-order valence-electron chi connectivity index (χ4n) is 6.16. The predicted molar refractivity (Wildman–Crippen MR) is 227 cm³/mol. The molecule has 0 saturated carbocycles. The second-order valence-corrected chi connectivity index (χ2v) is 17.8. The van der Waals surface area contributed by atoms with Gasteiger partial charge in [0.2, 0.25) is 0 Å². The lowest BCUT2D eigenvalue weighted by molar-refractivity contribution is -0.117. The number of hydrogen-bond acceptors (Lipinski definition) is 12. The van der Waals surface area contributed by atoms with Crippen LogP contribution in [0.3, 0.4) is 0 Å². The first-order valence-corrected chi connectivity index (χ1v) is 21.6. The van der Waals surface area contributed by atoms with Crippen LogP contribution in [0.15, 0.2) is 86.1 Å². The molecule has 3 atom stereocenters. The summed E-state index contributed by atoms with van der Waals surface area (Å²) in [5.74, 6) is 0.399. The van der Waals surface area contributed by atoms with Gasteiger partial charge in [0.15, 0.2) is 11.3 Å². The third-order valence-corrected chi connectivity index (χ3v) is 11.7. The molecule has 0 aliphatic carbocycles. The molecular weight excluding hydrogens is 800 g/mol. The van der Waals surface area contributed by atoms with E-state index < -0.39 is 48.1 Å². The molecule has 0 bridgehead atoms. The molecule has 0 spiro atoms. The number of aryl methyl sites for hydroxylation is 3. The van der Waals surface area contributed by atoms with Gasteiger partial charge in [-0.15, -0.1) is 0 Å². The fourth-order valence-corrected chi connectivity index (χ4v) is 8.27. The van der Waals surface area contributed by atoms with E-state index in [2.05, 4.69) is 16.0 Å². The Morgan fingerprint density at radius 3 is 2.32 bits per heavy atom. The number of aromatic amines is 2. The molecule has 0 saturated heterocycles. The molecule has 2 N–H and O–H groups in total. The number of aromatic nitrogens is 4. The van der Waals surface area contributed by atoms with E-state index in [4.69, 9.17) is 23.0 Å². The number of carbonyl (C=O) groups excluding carboxylic acids is 1. The van der Waals surface area contributed by atoms with Gasteiger partial charge in [-0.3, -0.25) is 42.5 Å². The van der Waals surface area contributed by atoms with Crippen LogP contribution in [-0.2, 0) is 47.5 Å². The van der Waals surface area contributed by atoms with Gasteiger partial charge in [0.05, 0.1) is 19.8 Å². The van der Waals surface area contributed by atoms with Gasteiger partial charge in [0.1, 0.15) is 18.6 Å². The highest BCUT2D eigenvalue weighted by molar-refractivity contribution is 8.13. The number of phosphoric acid groups is 1. The molecule has 17 heteroatoms. The maximum atomic E-state index is 13.9. The Kier molecular flexibility index (Phi) is 15.3. The number of H-pyrrole nitrogens is 2. The highest BCUT2D eigenvalue weighted by Gasteiger charge is 2.32. The van der Waals surface area contributed by atoms with Crippen LogP contribution in [-0.4, -0.2) is 55.9 Å². The molecule has 3 heterocycles. The van der Waals surface area contributed by atoms with Crippen LogP contribution in [0.2, 0.25) is 0 Å². The lowest BCUT2D eigenvalue weighted by Crippen LogP contribution is -2.36. The average Bonchev–Trinajstić information content (AvgIpc) is 3.64. The van der Waals surface area contributed by atoms with Crippen molar-refractivity contribution < 1.29 is 32.4 Å². The van der Waals surface area contributed by atoms with Gasteiger partial charge in [-0.25, -0.2) is 14.2 Å². The molecule has 2 aromatic carbocycles. The minimum atomic E-state index is -4.27. The van der Waals surface area contributed by atoms with Crippen molar-refractivity contribution in [2.45, 2.75) is 80.4 Å². The molecule has 4 aromatic rings. The number of rotatable bonds is 18. The topological polar surface area (TPSA) is 190 Å². The minimum Gasteiger partial charge on any atom is -0.404 e. The zero-order chi connectivity index (χ0) is 42.9. The number of hydrogen-bond donors (Lipinski definition) is 2. The smallest absolute Gasteiger partial charge is 0.404 e. The van der Waals surface area contributed by atoms with Crippen molar-refractivity contribution in [2.75, 3.05) is 25.6 Å². The van der Waals surface area contributed by atoms with Gasteiger partial charge in [0, 0.05) is 40.6 Å². The van der Waals surface area contributed by atoms with Gasteiger partial charge < -0.3 is 14.0 Å². The van der Waals surface area contributed by atoms with Crippen molar-refractivity contribution in [3.05, 3.63) is 148 Å². The molecule has 0 unspecified atom stereocenters. The van der Waals surface area contributed by atoms with E-state index in [1.54, 1.807) is 76.3 Å². The summed E-state index contributed by atoms with van der Waals surface area (Å²) in [5.41, 5.74) is 2.79. The zero-order valence-electron chi connectivity index (χ0n) is 34.3. The Morgan fingerprint density at radius 1 is 0.949 bits per heavy atom. The lowest BCUT2D eigenvalue weighted by atomic mass is 10.00. The quantitative estimate of drug-likeness (QED) is 0.0663. The van der Waals surface area contributed by atoms with E-state index in [-0.39, 0.29) is 43.2 Å². The highest BCUT2D eigenvalue weighted by atomic mass is 32.2. The molecule has 2 aromatic heterocycles. The molecule has 316 valence electrons. The van der Waals surface area contributed by atoms with Crippen molar-refractivity contribution >= 4 is 30.8 Å². The van der Waals surface area contributed by atoms with E-state index in [9.17, 15) is 28.5 Å². The van der Waals surface area contributed by atoms with Crippen molar-refractivity contribution in [3.8, 4) is 5.75 Å². The lowest BCUT2D eigenvalue weighted by Gasteiger charge is -2.21. The van der Waals surface area contributed by atoms with Crippen LogP contribution in [0.1, 0.15) is 73.0 Å². The van der Waals surface area contributed by atoms with Gasteiger partial charge in [-0.1, -0.05) is 99.1 Å². The first-order chi connectivity index (χ1) is 27.9. The summed E-state index contributed by atoms with van der Waals surface area (Å²) < 4.78 is 45.5. The summed E-state index contributed by atoms with van der Waals surface area (Å²) in [6, 6.07) is 12.8. The Bertz CT molecular complexity index is 2460. The van der Waals surface area contributed by atoms with Crippen molar-refractivity contribution in [3.63, 3.8) is 0 Å². The third kappa shape index (κ3) is 12.6. The van der Waals surface area contributed by atoms with Gasteiger partial charge >= 0.3 is 19.2 Å². The number of ether oxygens (including phenoxy) is 2. The average molecular weight is 851 g/mol. The first-order valence-electron chi connectivity index (χ1n) is 19.1. The summed E-state index contributed by atoms with van der Waals surface area (Å²) in [5, 5.41) is -0.0519. The Balaban J connectivity index is 1.21. The van der Waals surface area contributed by atoms with Crippen molar-refractivity contribution in [1.82, 2.24) is 19.1 Å². The molecule has 0 amide bonds. The third-order valence-electron chi connectivity index (χ3n) is 9.06. The number of nitrogens with one attached hydrogen (secondary N) is 2. The van der Waals surface area contributed by atoms with Crippen LogP contribution >= 0.6 is 19.6 Å². The monoisotopic (exact) mass is 850 g/mol. The first kappa shape index (κ1) is 45.3. The maximum Gasteiger partial charge on any atom is 0.530 e. The fraction of sp³-hybridized carbons (Fsp3) is 0.405. The van der Waals surface area contributed by atoms with Crippen LogP contribution < -0.4 is 27.0 Å². The van der Waals surface area contributed by atoms with Crippen LogP contribution in [0, 0.1) is 26.2 Å². The summed E-state index contributed by atoms with van der Waals surface area (Å²) in [6.45, 7) is 12.6. The number of benzene rings is 2. The van der Waals surface area contributed by atoms with Gasteiger partial charge in [-0.2, -0.15) is 0 Å². The number of nitrogens with zero attached hydrogens (tertiary/aromatic N) is 2. The second-order valence-electron chi connectivity index (χ2n) is 15.1. The predicted octanol–water partition coefficient (Wildman–Crippen LogP) is 6.13. The van der Waals surface area contributed by atoms with Gasteiger partial charge in [-0.05, 0) is 56.5 Å².